The van der Waals surface area contributed by atoms with Gasteiger partial charge in [0, 0.05) is 13.5 Å². The molecular weight excluding hydrogens is 228 g/mol. The van der Waals surface area contributed by atoms with Crippen LogP contribution in [0.4, 0.5) is 0 Å². The fraction of sp³-hybridized carbons (Fsp3) is 0.533. The first-order valence-corrected chi connectivity index (χ1v) is 6.35. The zero-order valence-electron chi connectivity index (χ0n) is 11.4. The molecule has 1 aliphatic rings. The van der Waals surface area contributed by atoms with Gasteiger partial charge in [-0.15, -0.1) is 0 Å². The molecule has 0 radical (unpaired) electrons. The van der Waals surface area contributed by atoms with Crippen molar-refractivity contribution >= 4 is 5.78 Å². The molecule has 1 fully saturated rings. The van der Waals surface area contributed by atoms with Gasteiger partial charge < -0.3 is 9.47 Å². The summed E-state index contributed by atoms with van der Waals surface area (Å²) in [5, 5.41) is 0. The maximum atomic E-state index is 11.3. The summed E-state index contributed by atoms with van der Waals surface area (Å²) >= 11 is 0. The number of methoxy groups -OCH3 is 1. The van der Waals surface area contributed by atoms with Gasteiger partial charge in [-0.05, 0) is 30.0 Å². The maximum absolute atomic E-state index is 11.3. The van der Waals surface area contributed by atoms with Gasteiger partial charge in [0.2, 0.25) is 0 Å². The number of carbonyl (C=O) groups excluding carboxylic acids is 1. The number of hydrogen-bond donors (Lipinski definition) is 0. The number of ketones is 1. The molecular formula is C15H20O3. The predicted molar refractivity (Wildman–Crippen MR) is 70.1 cm³/mol. The normalized spacial score (nSPS) is 23.1. The molecule has 0 saturated heterocycles. The van der Waals surface area contributed by atoms with Crippen molar-refractivity contribution in [3.8, 4) is 5.75 Å². The fourth-order valence-electron chi connectivity index (χ4n) is 2.24. The molecule has 0 N–H and O–H groups in total. The summed E-state index contributed by atoms with van der Waals surface area (Å²) in [5.74, 6) is 1.41. The van der Waals surface area contributed by atoms with Crippen molar-refractivity contribution in [2.75, 3.05) is 7.11 Å². The summed E-state index contributed by atoms with van der Waals surface area (Å²) in [7, 11) is 1.55. The minimum absolute atomic E-state index is 0.126. The lowest BCUT2D eigenvalue weighted by molar-refractivity contribution is -0.151. The van der Waals surface area contributed by atoms with E-state index < -0.39 is 6.10 Å². The number of hydrogen-bond acceptors (Lipinski definition) is 3. The van der Waals surface area contributed by atoms with E-state index in [-0.39, 0.29) is 11.9 Å². The molecule has 1 aliphatic carbocycles. The number of aryl methyl sites for hydroxylation is 1. The summed E-state index contributed by atoms with van der Waals surface area (Å²) in [4.78, 5) is 11.3. The van der Waals surface area contributed by atoms with Crippen LogP contribution >= 0.6 is 0 Å². The van der Waals surface area contributed by atoms with Crippen molar-refractivity contribution < 1.29 is 14.3 Å². The maximum Gasteiger partial charge on any atom is 0.169 e. The van der Waals surface area contributed by atoms with Gasteiger partial charge in [-0.3, -0.25) is 4.79 Å². The van der Waals surface area contributed by atoms with Crippen LogP contribution in [0.1, 0.15) is 37.3 Å². The molecule has 2 atom stereocenters. The molecule has 1 aromatic rings. The average Bonchev–Trinajstić information content (AvgIpc) is 2.28. The number of Topliss-reactive ketones (excluding diaryl/α,β-unsaturated/α-hetero) is 1. The third-order valence-corrected chi connectivity index (χ3v) is 3.38. The van der Waals surface area contributed by atoms with Crippen LogP contribution in [0, 0.1) is 6.92 Å². The highest BCUT2D eigenvalue weighted by Gasteiger charge is 2.42. The van der Waals surface area contributed by atoms with Crippen LogP contribution in [0.15, 0.2) is 18.2 Å². The van der Waals surface area contributed by atoms with E-state index >= 15 is 0 Å². The van der Waals surface area contributed by atoms with Crippen LogP contribution in [-0.2, 0) is 9.53 Å². The highest BCUT2D eigenvalue weighted by Crippen LogP contribution is 2.32. The number of carbonyl (C=O) groups is 1. The SMILES string of the molecule is COC1C(=O)CC1Oc1cc(C)ccc1C(C)C. The van der Waals surface area contributed by atoms with Crippen molar-refractivity contribution in [2.24, 2.45) is 0 Å². The minimum Gasteiger partial charge on any atom is -0.486 e. The van der Waals surface area contributed by atoms with Crippen LogP contribution in [0.3, 0.4) is 0 Å². The molecule has 1 aromatic carbocycles. The van der Waals surface area contributed by atoms with Crippen LogP contribution < -0.4 is 4.74 Å². The number of rotatable bonds is 4. The smallest absolute Gasteiger partial charge is 0.169 e. The highest BCUT2D eigenvalue weighted by atomic mass is 16.5. The van der Waals surface area contributed by atoms with Gasteiger partial charge in [0.15, 0.2) is 11.9 Å². The predicted octanol–water partition coefficient (Wildman–Crippen LogP) is 2.85. The first kappa shape index (κ1) is 13.1. The highest BCUT2D eigenvalue weighted by molar-refractivity contribution is 5.90. The Bertz CT molecular complexity index is 451. The van der Waals surface area contributed by atoms with E-state index in [9.17, 15) is 4.79 Å². The van der Waals surface area contributed by atoms with Gasteiger partial charge in [0.05, 0.1) is 0 Å². The van der Waals surface area contributed by atoms with E-state index in [1.807, 2.05) is 13.0 Å². The van der Waals surface area contributed by atoms with E-state index in [1.165, 1.54) is 5.56 Å². The first-order valence-electron chi connectivity index (χ1n) is 6.35. The van der Waals surface area contributed by atoms with Crippen LogP contribution in [0.2, 0.25) is 0 Å². The van der Waals surface area contributed by atoms with Gasteiger partial charge in [-0.1, -0.05) is 26.0 Å². The number of benzene rings is 1. The van der Waals surface area contributed by atoms with Gasteiger partial charge in [-0.2, -0.15) is 0 Å². The van der Waals surface area contributed by atoms with Gasteiger partial charge >= 0.3 is 0 Å². The Morgan fingerprint density at radius 1 is 1.33 bits per heavy atom. The molecule has 0 aromatic heterocycles. The summed E-state index contributed by atoms with van der Waals surface area (Å²) in [5.41, 5.74) is 2.34. The number of ether oxygens (including phenoxy) is 2. The summed E-state index contributed by atoms with van der Waals surface area (Å²) in [6.07, 6.45) is -0.0865. The summed E-state index contributed by atoms with van der Waals surface area (Å²) < 4.78 is 11.1. The Balaban J connectivity index is 2.18. The average molecular weight is 248 g/mol. The van der Waals surface area contributed by atoms with Gasteiger partial charge in [-0.25, -0.2) is 0 Å². The quantitative estimate of drug-likeness (QED) is 0.822. The van der Waals surface area contributed by atoms with Crippen molar-refractivity contribution in [3.05, 3.63) is 29.3 Å². The molecule has 98 valence electrons. The largest absolute Gasteiger partial charge is 0.486 e. The van der Waals surface area contributed by atoms with E-state index in [4.69, 9.17) is 9.47 Å². The van der Waals surface area contributed by atoms with E-state index in [2.05, 4.69) is 26.0 Å². The Morgan fingerprint density at radius 3 is 2.61 bits per heavy atom. The lowest BCUT2D eigenvalue weighted by atomic mass is 9.89. The third kappa shape index (κ3) is 2.41. The topological polar surface area (TPSA) is 35.5 Å². The van der Waals surface area contributed by atoms with Crippen LogP contribution in [-0.4, -0.2) is 25.1 Å². The molecule has 2 unspecified atom stereocenters. The molecule has 3 heteroatoms. The Hall–Kier alpha value is -1.35. The van der Waals surface area contributed by atoms with Crippen molar-refractivity contribution in [1.82, 2.24) is 0 Å². The van der Waals surface area contributed by atoms with Crippen LogP contribution in [0.5, 0.6) is 5.75 Å². The van der Waals surface area contributed by atoms with Gasteiger partial charge in [0.25, 0.3) is 0 Å². The second-order valence-electron chi connectivity index (χ2n) is 5.18. The molecule has 0 aliphatic heterocycles. The monoisotopic (exact) mass is 248 g/mol. The van der Waals surface area contributed by atoms with E-state index in [0.717, 1.165) is 11.3 Å². The first-order chi connectivity index (χ1) is 8.52. The lowest BCUT2D eigenvalue weighted by Crippen LogP contribution is -2.51. The van der Waals surface area contributed by atoms with Crippen molar-refractivity contribution in [1.29, 1.82) is 0 Å². The zero-order chi connectivity index (χ0) is 13.3. The van der Waals surface area contributed by atoms with E-state index in [1.54, 1.807) is 7.11 Å². The summed E-state index contributed by atoms with van der Waals surface area (Å²) in [6.45, 7) is 6.31. The second kappa shape index (κ2) is 5.11. The third-order valence-electron chi connectivity index (χ3n) is 3.38. The minimum atomic E-state index is -0.398. The van der Waals surface area contributed by atoms with Gasteiger partial charge in [0.1, 0.15) is 11.9 Å². The molecule has 2 rings (SSSR count). The molecule has 0 spiro atoms. The Labute approximate surface area is 108 Å². The molecule has 18 heavy (non-hydrogen) atoms. The Morgan fingerprint density at radius 2 is 2.06 bits per heavy atom. The second-order valence-corrected chi connectivity index (χ2v) is 5.18. The lowest BCUT2D eigenvalue weighted by Gasteiger charge is -2.34. The zero-order valence-corrected chi connectivity index (χ0v) is 11.4. The van der Waals surface area contributed by atoms with Crippen molar-refractivity contribution in [3.63, 3.8) is 0 Å². The summed E-state index contributed by atoms with van der Waals surface area (Å²) in [6, 6.07) is 6.21. The Kier molecular flexibility index (Phi) is 3.71. The van der Waals surface area contributed by atoms with Crippen LogP contribution in [0.25, 0.3) is 0 Å². The standard InChI is InChI=1S/C15H20O3/c1-9(2)11-6-5-10(3)7-13(11)18-14-8-12(16)15(14)17-4/h5-7,9,14-15H,8H2,1-4H3. The molecule has 0 bridgehead atoms. The molecule has 1 saturated carbocycles. The molecule has 0 amide bonds. The van der Waals surface area contributed by atoms with Crippen molar-refractivity contribution in [2.45, 2.75) is 45.3 Å². The molecule has 3 nitrogen and oxygen atoms in total. The van der Waals surface area contributed by atoms with E-state index in [0.29, 0.717) is 12.3 Å². The molecule has 0 heterocycles. The fourth-order valence-corrected chi connectivity index (χ4v) is 2.24.